The number of rotatable bonds is 4. The fourth-order valence-electron chi connectivity index (χ4n) is 2.39. The Hall–Kier alpha value is -2.67. The summed E-state index contributed by atoms with van der Waals surface area (Å²) in [4.78, 5) is 21.5. The molecule has 1 amide bonds. The van der Waals surface area contributed by atoms with E-state index in [4.69, 9.17) is 4.42 Å². The molecule has 128 valence electrons. The standard InChI is InChI=1S/C18H16FN3O2S/c1-10-6-7-12(19)9-13(10)21-17(23)15-11(2)20-16(22-18(15)25-3)14-5-4-8-24-14/h4-9H,1-3H3,(H,21,23). The number of aryl methyl sites for hydroxylation is 2. The molecule has 7 heteroatoms. The van der Waals surface area contributed by atoms with Crippen LogP contribution in [0.15, 0.2) is 46.0 Å². The van der Waals surface area contributed by atoms with Crippen LogP contribution in [0.5, 0.6) is 0 Å². The Morgan fingerprint density at radius 2 is 2.04 bits per heavy atom. The third-order valence-electron chi connectivity index (χ3n) is 3.67. The van der Waals surface area contributed by atoms with E-state index in [0.29, 0.717) is 33.6 Å². The van der Waals surface area contributed by atoms with Crippen molar-refractivity contribution in [2.45, 2.75) is 18.9 Å². The van der Waals surface area contributed by atoms with Crippen LogP contribution < -0.4 is 5.32 Å². The van der Waals surface area contributed by atoms with Crippen LogP contribution in [-0.2, 0) is 0 Å². The highest BCUT2D eigenvalue weighted by atomic mass is 32.2. The number of carbonyl (C=O) groups is 1. The van der Waals surface area contributed by atoms with Gasteiger partial charge < -0.3 is 9.73 Å². The molecule has 2 heterocycles. The van der Waals surface area contributed by atoms with E-state index < -0.39 is 5.82 Å². The first-order valence-corrected chi connectivity index (χ1v) is 8.76. The van der Waals surface area contributed by atoms with E-state index in [0.717, 1.165) is 5.56 Å². The number of anilines is 1. The van der Waals surface area contributed by atoms with Gasteiger partial charge in [0, 0.05) is 5.69 Å². The van der Waals surface area contributed by atoms with Crippen molar-refractivity contribution in [3.8, 4) is 11.6 Å². The monoisotopic (exact) mass is 357 g/mol. The summed E-state index contributed by atoms with van der Waals surface area (Å²) in [6.07, 6.45) is 3.37. The summed E-state index contributed by atoms with van der Waals surface area (Å²) in [5.74, 6) is 0.172. The van der Waals surface area contributed by atoms with Gasteiger partial charge in [-0.05, 0) is 49.9 Å². The molecule has 0 radical (unpaired) electrons. The van der Waals surface area contributed by atoms with Crippen LogP contribution in [0.25, 0.3) is 11.6 Å². The molecule has 5 nitrogen and oxygen atoms in total. The van der Waals surface area contributed by atoms with Gasteiger partial charge in [-0.2, -0.15) is 0 Å². The number of hydrogen-bond acceptors (Lipinski definition) is 5. The Morgan fingerprint density at radius 3 is 2.72 bits per heavy atom. The van der Waals surface area contributed by atoms with E-state index >= 15 is 0 Å². The molecule has 1 aromatic carbocycles. The summed E-state index contributed by atoms with van der Waals surface area (Å²) in [7, 11) is 0. The number of nitrogens with one attached hydrogen (secondary N) is 1. The molecule has 2 aromatic heterocycles. The molecule has 25 heavy (non-hydrogen) atoms. The van der Waals surface area contributed by atoms with Crippen molar-refractivity contribution in [3.05, 3.63) is 59.2 Å². The molecular formula is C18H16FN3O2S. The van der Waals surface area contributed by atoms with Crippen LogP contribution in [0.4, 0.5) is 10.1 Å². The number of furan rings is 1. The van der Waals surface area contributed by atoms with E-state index in [1.807, 2.05) is 6.26 Å². The number of aromatic nitrogens is 2. The number of halogens is 1. The van der Waals surface area contributed by atoms with E-state index in [1.165, 1.54) is 23.9 Å². The molecule has 3 aromatic rings. The van der Waals surface area contributed by atoms with Gasteiger partial charge in [-0.15, -0.1) is 11.8 Å². The fraction of sp³-hybridized carbons (Fsp3) is 0.167. The SMILES string of the molecule is CSc1nc(-c2ccco2)nc(C)c1C(=O)Nc1cc(F)ccc1C. The summed E-state index contributed by atoms with van der Waals surface area (Å²) in [5, 5.41) is 3.27. The molecule has 0 spiro atoms. The van der Waals surface area contributed by atoms with Crippen LogP contribution in [-0.4, -0.2) is 22.1 Å². The second-order valence-corrected chi connectivity index (χ2v) is 6.20. The first-order valence-electron chi connectivity index (χ1n) is 7.53. The molecule has 0 bridgehead atoms. The van der Waals surface area contributed by atoms with E-state index in [1.54, 1.807) is 38.3 Å². The lowest BCUT2D eigenvalue weighted by atomic mass is 10.1. The quantitative estimate of drug-likeness (QED) is 0.551. The van der Waals surface area contributed by atoms with Crippen LogP contribution in [0, 0.1) is 19.7 Å². The highest BCUT2D eigenvalue weighted by Crippen LogP contribution is 2.26. The van der Waals surface area contributed by atoms with Gasteiger partial charge in [0.1, 0.15) is 10.8 Å². The van der Waals surface area contributed by atoms with Crippen molar-refractivity contribution < 1.29 is 13.6 Å². The number of nitrogens with zero attached hydrogens (tertiary/aromatic N) is 2. The Kier molecular flexibility index (Phi) is 4.85. The molecule has 0 atom stereocenters. The average Bonchev–Trinajstić information content (AvgIpc) is 3.11. The third-order valence-corrected chi connectivity index (χ3v) is 4.35. The third kappa shape index (κ3) is 3.56. The van der Waals surface area contributed by atoms with Crippen LogP contribution in [0.2, 0.25) is 0 Å². The first kappa shape index (κ1) is 17.2. The van der Waals surface area contributed by atoms with Gasteiger partial charge in [-0.25, -0.2) is 14.4 Å². The minimum absolute atomic E-state index is 0.367. The van der Waals surface area contributed by atoms with Crippen molar-refractivity contribution in [1.29, 1.82) is 0 Å². The number of amides is 1. The number of carbonyl (C=O) groups excluding carboxylic acids is 1. The van der Waals surface area contributed by atoms with Crippen molar-refractivity contribution in [1.82, 2.24) is 9.97 Å². The first-order chi connectivity index (χ1) is 12.0. The molecule has 0 saturated heterocycles. The minimum atomic E-state index is -0.410. The summed E-state index contributed by atoms with van der Waals surface area (Å²) in [6.45, 7) is 3.54. The topological polar surface area (TPSA) is 68.0 Å². The van der Waals surface area contributed by atoms with Gasteiger partial charge in [0.25, 0.3) is 5.91 Å². The zero-order chi connectivity index (χ0) is 18.0. The molecular weight excluding hydrogens is 341 g/mol. The van der Waals surface area contributed by atoms with E-state index in [9.17, 15) is 9.18 Å². The Bertz CT molecular complexity index is 926. The number of benzene rings is 1. The molecule has 0 aliphatic heterocycles. The lowest BCUT2D eigenvalue weighted by Gasteiger charge is -2.13. The maximum atomic E-state index is 13.4. The fourth-order valence-corrected chi connectivity index (χ4v) is 3.01. The predicted molar refractivity (Wildman–Crippen MR) is 95.3 cm³/mol. The maximum absolute atomic E-state index is 13.4. The summed E-state index contributed by atoms with van der Waals surface area (Å²) < 4.78 is 18.8. The van der Waals surface area contributed by atoms with E-state index in [-0.39, 0.29) is 5.91 Å². The Balaban J connectivity index is 1.98. The number of hydrogen-bond donors (Lipinski definition) is 1. The molecule has 3 rings (SSSR count). The average molecular weight is 357 g/mol. The Labute approximate surface area is 148 Å². The normalized spacial score (nSPS) is 10.7. The second-order valence-electron chi connectivity index (χ2n) is 5.41. The van der Waals surface area contributed by atoms with Crippen molar-refractivity contribution in [3.63, 3.8) is 0 Å². The van der Waals surface area contributed by atoms with Gasteiger partial charge in [-0.1, -0.05) is 6.07 Å². The van der Waals surface area contributed by atoms with E-state index in [2.05, 4.69) is 15.3 Å². The molecule has 0 unspecified atom stereocenters. The molecule has 1 N–H and O–H groups in total. The minimum Gasteiger partial charge on any atom is -0.461 e. The molecule has 0 fully saturated rings. The van der Waals surface area contributed by atoms with Gasteiger partial charge >= 0.3 is 0 Å². The second kappa shape index (κ2) is 7.06. The smallest absolute Gasteiger partial charge is 0.260 e. The number of thioether (sulfide) groups is 1. The van der Waals surface area contributed by atoms with Crippen LogP contribution in [0.1, 0.15) is 21.6 Å². The zero-order valence-corrected chi connectivity index (χ0v) is 14.8. The van der Waals surface area contributed by atoms with Gasteiger partial charge in [0.05, 0.1) is 17.5 Å². The van der Waals surface area contributed by atoms with Crippen LogP contribution >= 0.6 is 11.8 Å². The van der Waals surface area contributed by atoms with Crippen molar-refractivity contribution in [2.75, 3.05) is 11.6 Å². The largest absolute Gasteiger partial charge is 0.461 e. The van der Waals surface area contributed by atoms with Gasteiger partial charge in [0.2, 0.25) is 0 Å². The lowest BCUT2D eigenvalue weighted by molar-refractivity contribution is 0.102. The predicted octanol–water partition coefficient (Wildman–Crippen LogP) is 4.47. The Morgan fingerprint density at radius 1 is 1.24 bits per heavy atom. The molecule has 0 aliphatic carbocycles. The molecule has 0 aliphatic rings. The zero-order valence-electron chi connectivity index (χ0n) is 14.0. The highest BCUT2D eigenvalue weighted by Gasteiger charge is 2.20. The van der Waals surface area contributed by atoms with Crippen molar-refractivity contribution >= 4 is 23.4 Å². The highest BCUT2D eigenvalue weighted by molar-refractivity contribution is 7.98. The summed E-state index contributed by atoms with van der Waals surface area (Å²) in [5.41, 5.74) is 2.08. The maximum Gasteiger partial charge on any atom is 0.260 e. The van der Waals surface area contributed by atoms with Crippen molar-refractivity contribution in [2.24, 2.45) is 0 Å². The van der Waals surface area contributed by atoms with Gasteiger partial charge in [0.15, 0.2) is 11.6 Å². The van der Waals surface area contributed by atoms with Crippen LogP contribution in [0.3, 0.4) is 0 Å². The lowest BCUT2D eigenvalue weighted by Crippen LogP contribution is -2.17. The summed E-state index contributed by atoms with van der Waals surface area (Å²) in [6, 6.07) is 7.77. The molecule has 0 saturated carbocycles. The van der Waals surface area contributed by atoms with Gasteiger partial charge in [-0.3, -0.25) is 4.79 Å². The summed E-state index contributed by atoms with van der Waals surface area (Å²) >= 11 is 1.34.